The number of ketones is 1. The average Bonchev–Trinajstić information content (AvgIpc) is 3.55. The van der Waals surface area contributed by atoms with Gasteiger partial charge in [-0.1, -0.05) is 27.2 Å². The van der Waals surface area contributed by atoms with Crippen LogP contribution in [-0.2, 0) is 28.6 Å². The van der Waals surface area contributed by atoms with Crippen LogP contribution in [0.4, 0.5) is 0 Å². The van der Waals surface area contributed by atoms with Crippen molar-refractivity contribution in [2.75, 3.05) is 6.61 Å². The van der Waals surface area contributed by atoms with Crippen molar-refractivity contribution in [2.45, 2.75) is 97.9 Å². The van der Waals surface area contributed by atoms with Crippen LogP contribution in [0.2, 0.25) is 0 Å². The summed E-state index contributed by atoms with van der Waals surface area (Å²) in [6.07, 6.45) is 8.80. The highest BCUT2D eigenvalue weighted by Gasteiger charge is 2.61. The summed E-state index contributed by atoms with van der Waals surface area (Å²) >= 11 is 0. The number of ether oxygens (including phenoxy) is 3. The fraction of sp³-hybridized carbons (Fsp3) is 0.893. The first kappa shape index (κ1) is 24.4. The molecule has 0 aromatic rings. The quantitative estimate of drug-likeness (QED) is 0.367. The van der Waals surface area contributed by atoms with Gasteiger partial charge < -0.3 is 14.2 Å². The first-order valence-corrected chi connectivity index (χ1v) is 13.8. The van der Waals surface area contributed by atoms with Crippen LogP contribution < -0.4 is 0 Å². The van der Waals surface area contributed by atoms with E-state index in [0.29, 0.717) is 18.9 Å². The molecule has 3 saturated carbocycles. The first-order valence-electron chi connectivity index (χ1n) is 13.8. The predicted octanol–water partition coefficient (Wildman–Crippen LogP) is 4.93. The molecule has 5 rings (SSSR count). The Labute approximate surface area is 203 Å². The average molecular weight is 475 g/mol. The van der Waals surface area contributed by atoms with E-state index in [4.69, 9.17) is 14.2 Å². The largest absolute Gasteiger partial charge is 0.393 e. The van der Waals surface area contributed by atoms with E-state index in [-0.39, 0.29) is 23.4 Å². The summed E-state index contributed by atoms with van der Waals surface area (Å²) in [6.45, 7) is 8.57. The predicted molar refractivity (Wildman–Crippen MR) is 125 cm³/mol. The summed E-state index contributed by atoms with van der Waals surface area (Å²) in [4.78, 5) is 39.5. The SMILES string of the molecule is CCOC1CCC(C)C(C2C(=O)OC(=O)C2C(C)C(=O)CC2(CC)CC3CC2C2CCCC32)O1. The highest BCUT2D eigenvalue weighted by Crippen LogP contribution is 2.68. The van der Waals surface area contributed by atoms with Crippen molar-refractivity contribution in [1.82, 2.24) is 0 Å². The molecule has 6 nitrogen and oxygen atoms in total. The normalized spacial score (nSPS) is 46.5. The lowest BCUT2D eigenvalue weighted by Gasteiger charge is -2.43. The Morgan fingerprint density at radius 1 is 1.12 bits per heavy atom. The van der Waals surface area contributed by atoms with Crippen LogP contribution in [0, 0.1) is 52.8 Å². The number of carbonyl (C=O) groups is 3. The van der Waals surface area contributed by atoms with Gasteiger partial charge in [-0.05, 0) is 86.9 Å². The molecule has 34 heavy (non-hydrogen) atoms. The van der Waals surface area contributed by atoms with Crippen molar-refractivity contribution in [1.29, 1.82) is 0 Å². The van der Waals surface area contributed by atoms with Crippen molar-refractivity contribution >= 4 is 17.7 Å². The molecule has 0 radical (unpaired) electrons. The molecule has 6 heteroatoms. The molecule has 0 aromatic carbocycles. The maximum absolute atomic E-state index is 13.8. The van der Waals surface area contributed by atoms with Crippen molar-refractivity contribution in [3.8, 4) is 0 Å². The Balaban J connectivity index is 1.33. The topological polar surface area (TPSA) is 78.9 Å². The number of rotatable bonds is 8. The standard InChI is InChI=1S/C28H42O6/c1-5-28(13-17-12-20(28)19-9-7-8-18(17)19)14-21(29)16(4)23-24(27(31)34-26(23)30)25-15(3)10-11-22(33-25)32-6-2/h15-20,22-25H,5-14H2,1-4H3. The van der Waals surface area contributed by atoms with Gasteiger partial charge in [0.1, 0.15) is 5.78 Å². The van der Waals surface area contributed by atoms with E-state index >= 15 is 0 Å². The third-order valence-corrected chi connectivity index (χ3v) is 10.6. The minimum Gasteiger partial charge on any atom is -0.393 e. The summed E-state index contributed by atoms with van der Waals surface area (Å²) in [7, 11) is 0. The fourth-order valence-corrected chi connectivity index (χ4v) is 8.90. The van der Waals surface area contributed by atoms with Gasteiger partial charge >= 0.3 is 11.9 Å². The summed E-state index contributed by atoms with van der Waals surface area (Å²) in [6, 6.07) is 0. The molecule has 3 aliphatic carbocycles. The second-order valence-electron chi connectivity index (χ2n) is 12.0. The maximum atomic E-state index is 13.8. The zero-order valence-electron chi connectivity index (χ0n) is 21.3. The number of hydrogen-bond acceptors (Lipinski definition) is 6. The molecule has 0 amide bonds. The third-order valence-electron chi connectivity index (χ3n) is 10.6. The first-order chi connectivity index (χ1) is 16.3. The highest BCUT2D eigenvalue weighted by molar-refractivity contribution is 6.00. The number of fused-ring (bicyclic) bond motifs is 5. The van der Waals surface area contributed by atoms with Gasteiger partial charge in [0, 0.05) is 18.9 Å². The Kier molecular flexibility index (Phi) is 6.69. The molecule has 5 fully saturated rings. The van der Waals surface area contributed by atoms with Crippen LogP contribution in [0.1, 0.15) is 85.5 Å². The number of carbonyl (C=O) groups excluding carboxylic acids is 3. The zero-order valence-corrected chi connectivity index (χ0v) is 21.3. The highest BCUT2D eigenvalue weighted by atomic mass is 16.7. The minimum absolute atomic E-state index is 0.0677. The van der Waals surface area contributed by atoms with Gasteiger partial charge in [-0.3, -0.25) is 14.4 Å². The number of cyclic esters (lactones) is 2. The molecule has 2 saturated heterocycles. The molecule has 0 aromatic heterocycles. The van der Waals surface area contributed by atoms with Crippen LogP contribution >= 0.6 is 0 Å². The zero-order chi connectivity index (χ0) is 24.2. The number of esters is 2. The van der Waals surface area contributed by atoms with Crippen LogP contribution in [0.25, 0.3) is 0 Å². The second kappa shape index (κ2) is 9.31. The smallest absolute Gasteiger partial charge is 0.320 e. The lowest BCUT2D eigenvalue weighted by Crippen LogP contribution is -2.46. The summed E-state index contributed by atoms with van der Waals surface area (Å²) < 4.78 is 17.0. The summed E-state index contributed by atoms with van der Waals surface area (Å²) in [5, 5.41) is 0. The van der Waals surface area contributed by atoms with E-state index in [1.54, 1.807) is 0 Å². The van der Waals surface area contributed by atoms with Gasteiger partial charge in [0.2, 0.25) is 0 Å². The van der Waals surface area contributed by atoms with Gasteiger partial charge in [0.15, 0.2) is 6.29 Å². The van der Waals surface area contributed by atoms with E-state index in [2.05, 4.69) is 6.92 Å². The van der Waals surface area contributed by atoms with E-state index in [9.17, 15) is 14.4 Å². The maximum Gasteiger partial charge on any atom is 0.320 e. The Morgan fingerprint density at radius 3 is 2.62 bits per heavy atom. The van der Waals surface area contributed by atoms with Gasteiger partial charge in [-0.15, -0.1) is 0 Å². The van der Waals surface area contributed by atoms with E-state index in [1.807, 2.05) is 20.8 Å². The lowest BCUT2D eigenvalue weighted by atomic mass is 9.61. The monoisotopic (exact) mass is 474 g/mol. The van der Waals surface area contributed by atoms with Crippen molar-refractivity contribution in [2.24, 2.45) is 52.8 Å². The molecular weight excluding hydrogens is 432 g/mol. The molecule has 0 spiro atoms. The molecule has 2 heterocycles. The Bertz CT molecular complexity index is 824. The van der Waals surface area contributed by atoms with E-state index < -0.39 is 35.8 Å². The van der Waals surface area contributed by atoms with Gasteiger partial charge in [0.05, 0.1) is 17.9 Å². The molecule has 2 aliphatic heterocycles. The molecule has 11 atom stereocenters. The summed E-state index contributed by atoms with van der Waals surface area (Å²) in [5.41, 5.74) is 0.0677. The number of hydrogen-bond donors (Lipinski definition) is 0. The Morgan fingerprint density at radius 2 is 1.88 bits per heavy atom. The van der Waals surface area contributed by atoms with Crippen molar-refractivity contribution in [3.63, 3.8) is 0 Å². The molecule has 5 aliphatic rings. The van der Waals surface area contributed by atoms with E-state index in [1.165, 1.54) is 25.7 Å². The minimum atomic E-state index is -0.764. The van der Waals surface area contributed by atoms with Crippen molar-refractivity contribution < 1.29 is 28.6 Å². The third kappa shape index (κ3) is 3.87. The van der Waals surface area contributed by atoms with Crippen LogP contribution in [0.3, 0.4) is 0 Å². The van der Waals surface area contributed by atoms with Crippen LogP contribution in [0.15, 0.2) is 0 Å². The van der Waals surface area contributed by atoms with Crippen LogP contribution in [0.5, 0.6) is 0 Å². The van der Waals surface area contributed by atoms with Crippen LogP contribution in [-0.4, -0.2) is 36.7 Å². The molecule has 190 valence electrons. The fourth-order valence-electron chi connectivity index (χ4n) is 8.90. The van der Waals surface area contributed by atoms with Gasteiger partial charge in [-0.25, -0.2) is 0 Å². The lowest BCUT2D eigenvalue weighted by molar-refractivity contribution is -0.221. The van der Waals surface area contributed by atoms with Crippen molar-refractivity contribution in [3.05, 3.63) is 0 Å². The Hall–Kier alpha value is -1.27. The molecule has 0 N–H and O–H groups in total. The molecular formula is C28H42O6. The van der Waals surface area contributed by atoms with Gasteiger partial charge in [0.25, 0.3) is 0 Å². The second-order valence-corrected chi connectivity index (χ2v) is 12.0. The van der Waals surface area contributed by atoms with E-state index in [0.717, 1.165) is 43.4 Å². The summed E-state index contributed by atoms with van der Waals surface area (Å²) in [5.74, 6) is 0.169. The molecule has 11 unspecified atom stereocenters. The molecule has 2 bridgehead atoms. The van der Waals surface area contributed by atoms with Gasteiger partial charge in [-0.2, -0.15) is 0 Å². The number of Topliss-reactive ketones (excluding diaryl/α,β-unsaturated/α-hetero) is 1.